The lowest BCUT2D eigenvalue weighted by atomic mass is 10.2. The van der Waals surface area contributed by atoms with E-state index in [0.29, 0.717) is 25.9 Å². The summed E-state index contributed by atoms with van der Waals surface area (Å²) in [5, 5.41) is 15.6. The topological polar surface area (TPSA) is 83.4 Å². The largest absolute Gasteiger partial charge is 0.493 e. The molecule has 0 saturated carbocycles. The van der Waals surface area contributed by atoms with Gasteiger partial charge in [0, 0.05) is 10.7 Å². The Bertz CT molecular complexity index is 1020. The Kier molecular flexibility index (Phi) is 6.96. The predicted octanol–water partition coefficient (Wildman–Crippen LogP) is 4.92. The normalized spacial score (nSPS) is 17.0. The van der Waals surface area contributed by atoms with Crippen molar-refractivity contribution >= 4 is 57.0 Å². The van der Waals surface area contributed by atoms with Gasteiger partial charge in [0.1, 0.15) is 6.07 Å². The highest BCUT2D eigenvalue weighted by molar-refractivity contribution is 9.10. The van der Waals surface area contributed by atoms with Crippen LogP contribution in [-0.2, 0) is 4.79 Å². The van der Waals surface area contributed by atoms with Crippen LogP contribution in [0.4, 0.5) is 5.69 Å². The predicted molar refractivity (Wildman–Crippen MR) is 119 cm³/mol. The number of methoxy groups -OCH3 is 1. The standard InChI is InChI=1S/C20H17BrClN3O3S/c1-11-7-13(22)3-4-15(11)24-20-25-19(26)17(29-20)10-12-8-14(21)18(28-6-5-23)16(9-12)27-2/h3-4,7-10,20,24H,6H2,1-2H3,(H,25,26)/b17-10-. The van der Waals surface area contributed by atoms with Crippen LogP contribution in [0.2, 0.25) is 5.02 Å². The number of nitrogens with one attached hydrogen (secondary N) is 2. The van der Waals surface area contributed by atoms with E-state index in [9.17, 15) is 4.79 Å². The summed E-state index contributed by atoms with van der Waals surface area (Å²) in [6, 6.07) is 11.0. The first kappa shape index (κ1) is 21.4. The van der Waals surface area contributed by atoms with Crippen molar-refractivity contribution in [3.05, 3.63) is 55.9 Å². The number of benzene rings is 2. The van der Waals surface area contributed by atoms with Gasteiger partial charge in [0.05, 0.1) is 16.5 Å². The van der Waals surface area contributed by atoms with Crippen molar-refractivity contribution in [2.45, 2.75) is 12.4 Å². The molecule has 2 aromatic carbocycles. The Hall–Kier alpha value is -2.34. The minimum Gasteiger partial charge on any atom is -0.493 e. The van der Waals surface area contributed by atoms with Crippen molar-refractivity contribution in [3.63, 3.8) is 0 Å². The molecule has 1 unspecified atom stereocenters. The van der Waals surface area contributed by atoms with Gasteiger partial charge in [-0.15, -0.1) is 0 Å². The van der Waals surface area contributed by atoms with E-state index in [1.165, 1.54) is 18.9 Å². The van der Waals surface area contributed by atoms with Gasteiger partial charge in [-0.2, -0.15) is 5.26 Å². The van der Waals surface area contributed by atoms with Crippen molar-refractivity contribution in [2.24, 2.45) is 0 Å². The van der Waals surface area contributed by atoms with E-state index in [2.05, 4.69) is 26.6 Å². The zero-order chi connectivity index (χ0) is 21.0. The second-order valence-corrected chi connectivity index (χ2v) is 8.50. The highest BCUT2D eigenvalue weighted by Crippen LogP contribution is 2.38. The lowest BCUT2D eigenvalue weighted by Gasteiger charge is -2.15. The van der Waals surface area contributed by atoms with Crippen LogP contribution < -0.4 is 20.1 Å². The van der Waals surface area contributed by atoms with E-state index in [1.54, 1.807) is 24.3 Å². The summed E-state index contributed by atoms with van der Waals surface area (Å²) in [6.45, 7) is 1.86. The third kappa shape index (κ3) is 5.18. The van der Waals surface area contributed by atoms with Crippen LogP contribution in [0, 0.1) is 18.3 Å². The average Bonchev–Trinajstić information content (AvgIpc) is 3.01. The molecule has 1 amide bonds. The fraction of sp³-hybridized carbons (Fsp3) is 0.200. The van der Waals surface area contributed by atoms with Gasteiger partial charge in [0.25, 0.3) is 5.91 Å². The van der Waals surface area contributed by atoms with Gasteiger partial charge in [0.15, 0.2) is 23.6 Å². The summed E-state index contributed by atoms with van der Waals surface area (Å²) in [7, 11) is 1.52. The highest BCUT2D eigenvalue weighted by atomic mass is 79.9. The van der Waals surface area contributed by atoms with Crippen molar-refractivity contribution in [1.82, 2.24) is 5.32 Å². The second-order valence-electron chi connectivity index (χ2n) is 6.06. The van der Waals surface area contributed by atoms with E-state index in [4.69, 9.17) is 26.3 Å². The zero-order valence-corrected chi connectivity index (χ0v) is 18.7. The Balaban J connectivity index is 1.79. The molecular weight excluding hydrogens is 478 g/mol. The smallest absolute Gasteiger partial charge is 0.260 e. The summed E-state index contributed by atoms with van der Waals surface area (Å²) >= 11 is 10.8. The van der Waals surface area contributed by atoms with E-state index >= 15 is 0 Å². The molecule has 2 aromatic rings. The first-order chi connectivity index (χ1) is 13.9. The van der Waals surface area contributed by atoms with Crippen molar-refractivity contribution in [3.8, 4) is 17.6 Å². The summed E-state index contributed by atoms with van der Waals surface area (Å²) in [5.41, 5.74) is 2.36. The fourth-order valence-electron chi connectivity index (χ4n) is 2.71. The van der Waals surface area contributed by atoms with Crippen molar-refractivity contribution in [1.29, 1.82) is 5.26 Å². The SMILES string of the molecule is COc1cc(/C=C2\SC(Nc3ccc(Cl)cc3C)NC2=O)cc(Br)c1OCC#N. The molecule has 0 spiro atoms. The summed E-state index contributed by atoms with van der Waals surface area (Å²) < 4.78 is 11.4. The van der Waals surface area contributed by atoms with Gasteiger partial charge in [0.2, 0.25) is 0 Å². The lowest BCUT2D eigenvalue weighted by Crippen LogP contribution is -2.31. The maximum Gasteiger partial charge on any atom is 0.260 e. The number of rotatable bonds is 6. The summed E-state index contributed by atoms with van der Waals surface area (Å²) in [6.07, 6.45) is 1.78. The zero-order valence-electron chi connectivity index (χ0n) is 15.6. The number of halogens is 2. The summed E-state index contributed by atoms with van der Waals surface area (Å²) in [5.74, 6) is 0.743. The van der Waals surface area contributed by atoms with Gasteiger partial charge in [-0.05, 0) is 70.4 Å². The van der Waals surface area contributed by atoms with Crippen LogP contribution in [0.5, 0.6) is 11.5 Å². The molecule has 2 N–H and O–H groups in total. The number of nitrogens with zero attached hydrogens (tertiary/aromatic N) is 1. The Morgan fingerprint density at radius 3 is 2.90 bits per heavy atom. The first-order valence-corrected chi connectivity index (χ1v) is 10.6. The van der Waals surface area contributed by atoms with Crippen LogP contribution in [0.15, 0.2) is 39.7 Å². The number of thioether (sulfide) groups is 1. The molecule has 1 atom stereocenters. The second kappa shape index (κ2) is 9.44. The average molecular weight is 495 g/mol. The third-order valence-corrected chi connectivity index (χ3v) is 5.89. The molecule has 3 rings (SSSR count). The molecule has 6 nitrogen and oxygen atoms in total. The number of ether oxygens (including phenoxy) is 2. The molecule has 9 heteroatoms. The maximum absolute atomic E-state index is 12.4. The fourth-order valence-corrected chi connectivity index (χ4v) is 4.49. The maximum atomic E-state index is 12.4. The van der Waals surface area contributed by atoms with Gasteiger partial charge >= 0.3 is 0 Å². The molecule has 1 fully saturated rings. The molecular formula is C20H17BrClN3O3S. The number of aryl methyl sites for hydroxylation is 1. The molecule has 0 aromatic heterocycles. The number of hydrogen-bond acceptors (Lipinski definition) is 6. The third-order valence-electron chi connectivity index (χ3n) is 4.04. The molecule has 29 heavy (non-hydrogen) atoms. The molecule has 0 bridgehead atoms. The minimum atomic E-state index is -0.294. The molecule has 1 saturated heterocycles. The van der Waals surface area contributed by atoms with Gasteiger partial charge < -0.3 is 20.1 Å². The van der Waals surface area contributed by atoms with E-state index < -0.39 is 0 Å². The van der Waals surface area contributed by atoms with Crippen LogP contribution in [0.1, 0.15) is 11.1 Å². The van der Waals surface area contributed by atoms with Crippen molar-refractivity contribution < 1.29 is 14.3 Å². The number of anilines is 1. The molecule has 0 aliphatic carbocycles. The number of nitriles is 1. The Morgan fingerprint density at radius 2 is 2.21 bits per heavy atom. The molecule has 0 radical (unpaired) electrons. The van der Waals surface area contributed by atoms with E-state index in [1.807, 2.05) is 25.1 Å². The van der Waals surface area contributed by atoms with Gasteiger partial charge in [-0.1, -0.05) is 23.4 Å². The van der Waals surface area contributed by atoms with E-state index in [0.717, 1.165) is 16.8 Å². The Morgan fingerprint density at radius 1 is 1.41 bits per heavy atom. The highest BCUT2D eigenvalue weighted by Gasteiger charge is 2.27. The van der Waals surface area contributed by atoms with Gasteiger partial charge in [-0.25, -0.2) is 0 Å². The molecule has 1 aliphatic heterocycles. The van der Waals surface area contributed by atoms with Crippen LogP contribution in [0.25, 0.3) is 6.08 Å². The van der Waals surface area contributed by atoms with E-state index in [-0.39, 0.29) is 18.0 Å². The number of carbonyl (C=O) groups is 1. The first-order valence-electron chi connectivity index (χ1n) is 8.50. The number of amides is 1. The Labute approximate surface area is 186 Å². The van der Waals surface area contributed by atoms with Crippen LogP contribution in [0.3, 0.4) is 0 Å². The minimum absolute atomic E-state index is 0.0921. The lowest BCUT2D eigenvalue weighted by molar-refractivity contribution is -0.116. The van der Waals surface area contributed by atoms with Crippen molar-refractivity contribution in [2.75, 3.05) is 19.0 Å². The quantitative estimate of drug-likeness (QED) is 0.555. The summed E-state index contributed by atoms with van der Waals surface area (Å²) in [4.78, 5) is 13.0. The number of hydrogen-bond donors (Lipinski definition) is 2. The monoisotopic (exact) mass is 493 g/mol. The van der Waals surface area contributed by atoms with Crippen LogP contribution >= 0.6 is 39.3 Å². The molecule has 1 aliphatic rings. The van der Waals surface area contributed by atoms with Gasteiger partial charge in [-0.3, -0.25) is 4.79 Å². The van der Waals surface area contributed by atoms with Crippen LogP contribution in [-0.4, -0.2) is 25.1 Å². The number of carbonyl (C=O) groups excluding carboxylic acids is 1. The molecule has 150 valence electrons. The molecule has 1 heterocycles.